The summed E-state index contributed by atoms with van der Waals surface area (Å²) in [4.78, 5) is 11.7. The number of carbonyl (C=O) groups is 1. The average Bonchev–Trinajstić information content (AvgIpc) is 2.99. The normalized spacial score (nSPS) is 17.8. The van der Waals surface area contributed by atoms with Gasteiger partial charge in [-0.15, -0.1) is 0 Å². The zero-order valence-corrected chi connectivity index (χ0v) is 10.9. The summed E-state index contributed by atoms with van der Waals surface area (Å²) in [5.74, 6) is 0.106. The molecule has 0 spiro atoms. The van der Waals surface area contributed by atoms with E-state index in [1.54, 1.807) is 6.20 Å². The van der Waals surface area contributed by atoms with Crippen molar-refractivity contribution in [1.82, 2.24) is 20.4 Å². The van der Waals surface area contributed by atoms with Gasteiger partial charge < -0.3 is 10.6 Å². The van der Waals surface area contributed by atoms with Crippen molar-refractivity contribution in [3.63, 3.8) is 0 Å². The van der Waals surface area contributed by atoms with Crippen LogP contribution in [0.3, 0.4) is 0 Å². The molecular formula is C13H22N4O. The van der Waals surface area contributed by atoms with E-state index in [9.17, 15) is 4.79 Å². The summed E-state index contributed by atoms with van der Waals surface area (Å²) in [6.45, 7) is 3.23. The van der Waals surface area contributed by atoms with Gasteiger partial charge in [0.25, 0.3) is 0 Å². The molecule has 1 aliphatic carbocycles. The number of hydrogen-bond acceptors (Lipinski definition) is 3. The Kier molecular flexibility index (Phi) is 4.75. The van der Waals surface area contributed by atoms with Crippen molar-refractivity contribution >= 4 is 5.91 Å². The highest BCUT2D eigenvalue weighted by molar-refractivity contribution is 5.78. The molecule has 2 N–H and O–H groups in total. The van der Waals surface area contributed by atoms with Gasteiger partial charge in [0.2, 0.25) is 5.91 Å². The van der Waals surface area contributed by atoms with E-state index in [1.807, 2.05) is 16.9 Å². The first-order chi connectivity index (χ1) is 8.74. The van der Waals surface area contributed by atoms with E-state index in [2.05, 4.69) is 22.7 Å². The average molecular weight is 250 g/mol. The molecule has 0 aromatic carbocycles. The minimum absolute atomic E-state index is 0.106. The molecule has 1 fully saturated rings. The quantitative estimate of drug-likeness (QED) is 0.789. The minimum Gasteiger partial charge on any atom is -0.352 e. The van der Waals surface area contributed by atoms with Crippen molar-refractivity contribution in [2.24, 2.45) is 0 Å². The largest absolute Gasteiger partial charge is 0.352 e. The Morgan fingerprint density at radius 3 is 2.94 bits per heavy atom. The zero-order valence-electron chi connectivity index (χ0n) is 10.9. The van der Waals surface area contributed by atoms with E-state index in [1.165, 1.54) is 12.8 Å². The summed E-state index contributed by atoms with van der Waals surface area (Å²) in [6.07, 6.45) is 8.45. The number of rotatable bonds is 6. The fraction of sp³-hybridized carbons (Fsp3) is 0.692. The van der Waals surface area contributed by atoms with Crippen LogP contribution in [-0.4, -0.2) is 34.3 Å². The van der Waals surface area contributed by atoms with E-state index < -0.39 is 0 Å². The summed E-state index contributed by atoms with van der Waals surface area (Å²) in [5.41, 5.74) is 0. The second-order valence-electron chi connectivity index (χ2n) is 5.06. The van der Waals surface area contributed by atoms with Crippen molar-refractivity contribution in [3.8, 4) is 0 Å². The van der Waals surface area contributed by atoms with Crippen LogP contribution in [0.1, 0.15) is 32.6 Å². The Balaban J connectivity index is 1.62. The van der Waals surface area contributed by atoms with Crippen molar-refractivity contribution < 1.29 is 4.79 Å². The molecule has 1 heterocycles. The van der Waals surface area contributed by atoms with Crippen molar-refractivity contribution in [2.45, 2.75) is 51.2 Å². The SMILES string of the molecule is CC(Cn1cccn1)NCC(=O)NC1CCCC1. The van der Waals surface area contributed by atoms with E-state index in [0.717, 1.165) is 19.4 Å². The molecule has 1 atom stereocenters. The molecule has 5 heteroatoms. The molecule has 1 aliphatic rings. The Morgan fingerprint density at radius 2 is 2.28 bits per heavy atom. The first kappa shape index (κ1) is 13.1. The monoisotopic (exact) mass is 250 g/mol. The molecule has 0 bridgehead atoms. The van der Waals surface area contributed by atoms with E-state index in [0.29, 0.717) is 12.6 Å². The summed E-state index contributed by atoms with van der Waals surface area (Å²) in [7, 11) is 0. The standard InChI is InChI=1S/C13H22N4O/c1-11(10-17-8-4-7-15-17)14-9-13(18)16-12-5-2-3-6-12/h4,7-8,11-12,14H,2-3,5-6,9-10H2,1H3,(H,16,18). The van der Waals surface area contributed by atoms with Crippen LogP contribution in [0.25, 0.3) is 0 Å². The van der Waals surface area contributed by atoms with Gasteiger partial charge in [0.1, 0.15) is 0 Å². The first-order valence-electron chi connectivity index (χ1n) is 6.74. The molecule has 1 aromatic rings. The van der Waals surface area contributed by atoms with Gasteiger partial charge in [0.15, 0.2) is 0 Å². The fourth-order valence-electron chi connectivity index (χ4n) is 2.37. The summed E-state index contributed by atoms with van der Waals surface area (Å²) in [5, 5.41) is 10.4. The molecule has 0 aliphatic heterocycles. The number of nitrogens with one attached hydrogen (secondary N) is 2. The van der Waals surface area contributed by atoms with Crippen LogP contribution in [0.4, 0.5) is 0 Å². The highest BCUT2D eigenvalue weighted by Crippen LogP contribution is 2.17. The number of amides is 1. The van der Waals surface area contributed by atoms with E-state index in [4.69, 9.17) is 0 Å². The lowest BCUT2D eigenvalue weighted by Crippen LogP contribution is -2.42. The molecular weight excluding hydrogens is 228 g/mol. The summed E-state index contributed by atoms with van der Waals surface area (Å²) in [6, 6.07) is 2.54. The molecule has 2 rings (SSSR count). The highest BCUT2D eigenvalue weighted by Gasteiger charge is 2.17. The van der Waals surface area contributed by atoms with Gasteiger partial charge in [-0.05, 0) is 25.8 Å². The molecule has 1 saturated carbocycles. The van der Waals surface area contributed by atoms with Crippen LogP contribution >= 0.6 is 0 Å². The number of carbonyl (C=O) groups excluding carboxylic acids is 1. The van der Waals surface area contributed by atoms with Gasteiger partial charge in [-0.2, -0.15) is 5.10 Å². The summed E-state index contributed by atoms with van der Waals surface area (Å²) < 4.78 is 1.87. The first-order valence-corrected chi connectivity index (χ1v) is 6.74. The maximum absolute atomic E-state index is 11.7. The highest BCUT2D eigenvalue weighted by atomic mass is 16.2. The minimum atomic E-state index is 0.106. The van der Waals surface area contributed by atoms with Gasteiger partial charge in [-0.1, -0.05) is 12.8 Å². The van der Waals surface area contributed by atoms with Crippen LogP contribution in [0.15, 0.2) is 18.5 Å². The molecule has 1 amide bonds. The van der Waals surface area contributed by atoms with Crippen LogP contribution in [0, 0.1) is 0 Å². The third-order valence-corrected chi connectivity index (χ3v) is 3.35. The van der Waals surface area contributed by atoms with Gasteiger partial charge >= 0.3 is 0 Å². The molecule has 0 saturated heterocycles. The Bertz CT molecular complexity index is 357. The van der Waals surface area contributed by atoms with Crippen molar-refractivity contribution in [2.75, 3.05) is 6.54 Å². The molecule has 1 aromatic heterocycles. The third-order valence-electron chi connectivity index (χ3n) is 3.35. The van der Waals surface area contributed by atoms with Gasteiger partial charge in [-0.3, -0.25) is 9.48 Å². The summed E-state index contributed by atoms with van der Waals surface area (Å²) >= 11 is 0. The lowest BCUT2D eigenvalue weighted by atomic mass is 10.2. The van der Waals surface area contributed by atoms with E-state index >= 15 is 0 Å². The van der Waals surface area contributed by atoms with Crippen molar-refractivity contribution in [3.05, 3.63) is 18.5 Å². The van der Waals surface area contributed by atoms with Crippen LogP contribution in [0.2, 0.25) is 0 Å². The van der Waals surface area contributed by atoms with E-state index in [-0.39, 0.29) is 11.9 Å². The van der Waals surface area contributed by atoms with Crippen molar-refractivity contribution in [1.29, 1.82) is 0 Å². The van der Waals surface area contributed by atoms with Gasteiger partial charge in [0.05, 0.1) is 13.1 Å². The lowest BCUT2D eigenvalue weighted by Gasteiger charge is -2.16. The van der Waals surface area contributed by atoms with Crippen LogP contribution in [0.5, 0.6) is 0 Å². The van der Waals surface area contributed by atoms with Crippen LogP contribution < -0.4 is 10.6 Å². The second-order valence-corrected chi connectivity index (χ2v) is 5.06. The predicted molar refractivity (Wildman–Crippen MR) is 70.1 cm³/mol. The molecule has 18 heavy (non-hydrogen) atoms. The maximum atomic E-state index is 11.7. The number of aromatic nitrogens is 2. The Labute approximate surface area is 108 Å². The second kappa shape index (κ2) is 6.54. The molecule has 1 unspecified atom stereocenters. The topological polar surface area (TPSA) is 59.0 Å². The fourth-order valence-corrected chi connectivity index (χ4v) is 2.37. The smallest absolute Gasteiger partial charge is 0.234 e. The molecule has 0 radical (unpaired) electrons. The lowest BCUT2D eigenvalue weighted by molar-refractivity contribution is -0.121. The zero-order chi connectivity index (χ0) is 12.8. The maximum Gasteiger partial charge on any atom is 0.234 e. The third kappa shape index (κ3) is 4.14. The Hall–Kier alpha value is -1.36. The predicted octanol–water partition coefficient (Wildman–Crippen LogP) is 0.920. The molecule has 5 nitrogen and oxygen atoms in total. The van der Waals surface area contributed by atoms with Gasteiger partial charge in [0, 0.05) is 24.5 Å². The number of nitrogens with zero attached hydrogens (tertiary/aromatic N) is 2. The molecule has 100 valence electrons. The van der Waals surface area contributed by atoms with Crippen LogP contribution in [-0.2, 0) is 11.3 Å². The number of hydrogen-bond donors (Lipinski definition) is 2. The van der Waals surface area contributed by atoms with Gasteiger partial charge in [-0.25, -0.2) is 0 Å². The Morgan fingerprint density at radius 1 is 1.50 bits per heavy atom.